The molecule has 0 heterocycles. The average Bonchev–Trinajstić information content (AvgIpc) is 2.03. The normalized spacial score (nSPS) is 10.2. The molecule has 13 heavy (non-hydrogen) atoms. The Hall–Kier alpha value is -0.860. The lowest BCUT2D eigenvalue weighted by molar-refractivity contribution is -0.156. The van der Waals surface area contributed by atoms with Gasteiger partial charge >= 0.3 is 5.97 Å². The quantitative estimate of drug-likeness (QED) is 0.362. The maximum Gasteiger partial charge on any atom is 0.374 e. The highest BCUT2D eigenvalue weighted by Crippen LogP contribution is 2.01. The maximum atomic E-state index is 11.1. The third-order valence-corrected chi connectivity index (χ3v) is 1.58. The van der Waals surface area contributed by atoms with Crippen molar-refractivity contribution >= 4 is 11.8 Å². The molecule has 3 nitrogen and oxygen atoms in total. The number of hydrogen-bond acceptors (Lipinski definition) is 3. The lowest BCUT2D eigenvalue weighted by Gasteiger charge is -2.06. The number of ether oxygens (including phenoxy) is 1. The molecule has 0 atom stereocenters. The van der Waals surface area contributed by atoms with Gasteiger partial charge in [-0.15, -0.1) is 0 Å². The monoisotopic (exact) mass is 186 g/mol. The van der Waals surface area contributed by atoms with E-state index >= 15 is 0 Å². The van der Waals surface area contributed by atoms with Gasteiger partial charge in [-0.3, -0.25) is 4.79 Å². The zero-order chi connectivity index (χ0) is 10.3. The molecule has 0 aliphatic rings. The fourth-order valence-corrected chi connectivity index (χ4v) is 0.917. The largest absolute Gasteiger partial charge is 0.457 e. The Kier molecular flexibility index (Phi) is 6.20. The van der Waals surface area contributed by atoms with Crippen LogP contribution in [0.4, 0.5) is 0 Å². The van der Waals surface area contributed by atoms with Crippen molar-refractivity contribution in [2.24, 2.45) is 0 Å². The van der Waals surface area contributed by atoms with E-state index in [9.17, 15) is 9.59 Å². The van der Waals surface area contributed by atoms with Gasteiger partial charge in [-0.05, 0) is 20.3 Å². The van der Waals surface area contributed by atoms with Crippen LogP contribution in [0.3, 0.4) is 0 Å². The van der Waals surface area contributed by atoms with Gasteiger partial charge in [0.15, 0.2) is 0 Å². The Morgan fingerprint density at radius 2 is 1.85 bits per heavy atom. The fourth-order valence-electron chi connectivity index (χ4n) is 0.917. The highest BCUT2D eigenvalue weighted by Gasteiger charge is 2.15. The van der Waals surface area contributed by atoms with Crippen LogP contribution in [0, 0.1) is 0 Å². The van der Waals surface area contributed by atoms with Crippen molar-refractivity contribution in [1.82, 2.24) is 0 Å². The zero-order valence-electron chi connectivity index (χ0n) is 8.63. The highest BCUT2D eigenvalue weighted by molar-refractivity contribution is 6.33. The van der Waals surface area contributed by atoms with Crippen molar-refractivity contribution in [3.63, 3.8) is 0 Å². The highest BCUT2D eigenvalue weighted by atomic mass is 16.5. The molecule has 0 rings (SSSR count). The van der Waals surface area contributed by atoms with Crippen LogP contribution in [-0.2, 0) is 14.3 Å². The molecule has 0 amide bonds. The average molecular weight is 186 g/mol. The third kappa shape index (κ3) is 6.31. The summed E-state index contributed by atoms with van der Waals surface area (Å²) in [6.45, 7) is 5.52. The Morgan fingerprint density at radius 1 is 1.23 bits per heavy atom. The molecule has 0 saturated carbocycles. The zero-order valence-corrected chi connectivity index (χ0v) is 8.63. The van der Waals surface area contributed by atoms with E-state index in [1.54, 1.807) is 13.8 Å². The molecule has 0 saturated heterocycles. The summed E-state index contributed by atoms with van der Waals surface area (Å²) in [5, 5.41) is 0. The van der Waals surface area contributed by atoms with E-state index < -0.39 is 11.8 Å². The van der Waals surface area contributed by atoms with Gasteiger partial charge in [0, 0.05) is 6.42 Å². The van der Waals surface area contributed by atoms with E-state index in [-0.39, 0.29) is 6.10 Å². The van der Waals surface area contributed by atoms with Crippen molar-refractivity contribution in [2.45, 2.75) is 52.6 Å². The summed E-state index contributed by atoms with van der Waals surface area (Å²) < 4.78 is 4.75. The van der Waals surface area contributed by atoms with E-state index in [1.165, 1.54) is 0 Å². The molecule has 0 unspecified atom stereocenters. The van der Waals surface area contributed by atoms with Crippen LogP contribution in [-0.4, -0.2) is 17.9 Å². The number of rotatable bonds is 6. The van der Waals surface area contributed by atoms with Crippen LogP contribution in [0.2, 0.25) is 0 Å². The standard InChI is InChI=1S/C10H18O3/c1-4-5-6-7-9(11)10(12)13-8(2)3/h8H,4-7H2,1-3H3. The van der Waals surface area contributed by atoms with Crippen LogP contribution in [0.15, 0.2) is 0 Å². The minimum absolute atomic E-state index is 0.206. The van der Waals surface area contributed by atoms with Crippen LogP contribution in [0.25, 0.3) is 0 Å². The molecule has 0 fully saturated rings. The van der Waals surface area contributed by atoms with E-state index in [4.69, 9.17) is 4.74 Å². The van der Waals surface area contributed by atoms with Gasteiger partial charge in [0.1, 0.15) is 0 Å². The first-order valence-corrected chi connectivity index (χ1v) is 4.81. The van der Waals surface area contributed by atoms with E-state index in [0.717, 1.165) is 19.3 Å². The second-order valence-electron chi connectivity index (χ2n) is 3.33. The molecule has 0 aliphatic carbocycles. The van der Waals surface area contributed by atoms with Gasteiger partial charge in [-0.2, -0.15) is 0 Å². The molecule has 0 spiro atoms. The number of ketones is 1. The van der Waals surface area contributed by atoms with Crippen LogP contribution < -0.4 is 0 Å². The van der Waals surface area contributed by atoms with Crippen molar-refractivity contribution in [2.75, 3.05) is 0 Å². The number of unbranched alkanes of at least 4 members (excludes halogenated alkanes) is 2. The topological polar surface area (TPSA) is 43.4 Å². The van der Waals surface area contributed by atoms with Crippen molar-refractivity contribution in [3.05, 3.63) is 0 Å². The summed E-state index contributed by atoms with van der Waals surface area (Å²) in [6.07, 6.45) is 2.93. The summed E-state index contributed by atoms with van der Waals surface area (Å²) in [5.74, 6) is -1.09. The summed E-state index contributed by atoms with van der Waals surface area (Å²) in [6, 6.07) is 0. The fraction of sp³-hybridized carbons (Fsp3) is 0.800. The molecule has 3 heteroatoms. The lowest BCUT2D eigenvalue weighted by atomic mass is 10.1. The Labute approximate surface area is 79.5 Å². The molecule has 0 bridgehead atoms. The molecule has 0 aliphatic heterocycles. The van der Waals surface area contributed by atoms with E-state index in [1.807, 2.05) is 0 Å². The SMILES string of the molecule is CCCCCC(=O)C(=O)OC(C)C. The minimum atomic E-state index is -0.689. The Bertz CT molecular complexity index is 173. The maximum absolute atomic E-state index is 11.1. The summed E-state index contributed by atoms with van der Waals surface area (Å²) >= 11 is 0. The number of carbonyl (C=O) groups excluding carboxylic acids is 2. The number of Topliss-reactive ketones (excluding diaryl/α,β-unsaturated/α-hetero) is 1. The van der Waals surface area contributed by atoms with Crippen molar-refractivity contribution in [3.8, 4) is 0 Å². The first kappa shape index (κ1) is 12.1. The predicted octanol–water partition coefficient (Wildman–Crippen LogP) is 2.09. The second-order valence-corrected chi connectivity index (χ2v) is 3.33. The van der Waals surface area contributed by atoms with Gasteiger partial charge in [-0.25, -0.2) is 4.79 Å². The molecule has 0 aromatic heterocycles. The van der Waals surface area contributed by atoms with Crippen molar-refractivity contribution in [1.29, 1.82) is 0 Å². The van der Waals surface area contributed by atoms with E-state index in [2.05, 4.69) is 6.92 Å². The molecule has 0 aromatic carbocycles. The van der Waals surface area contributed by atoms with Gasteiger partial charge in [-0.1, -0.05) is 19.8 Å². The molecular formula is C10H18O3. The second kappa shape index (κ2) is 6.63. The Morgan fingerprint density at radius 3 is 2.31 bits per heavy atom. The Balaban J connectivity index is 3.64. The number of esters is 1. The predicted molar refractivity (Wildman–Crippen MR) is 50.4 cm³/mol. The minimum Gasteiger partial charge on any atom is -0.457 e. The first-order valence-electron chi connectivity index (χ1n) is 4.81. The molecule has 0 N–H and O–H groups in total. The number of carbonyl (C=O) groups is 2. The van der Waals surface area contributed by atoms with Gasteiger partial charge in [0.25, 0.3) is 0 Å². The first-order chi connectivity index (χ1) is 6.07. The van der Waals surface area contributed by atoms with Crippen LogP contribution in [0.1, 0.15) is 46.5 Å². The molecular weight excluding hydrogens is 168 g/mol. The number of hydrogen-bond donors (Lipinski definition) is 0. The van der Waals surface area contributed by atoms with E-state index in [0.29, 0.717) is 6.42 Å². The molecule has 0 aromatic rings. The lowest BCUT2D eigenvalue weighted by Crippen LogP contribution is -2.20. The van der Waals surface area contributed by atoms with Gasteiger partial charge in [0.2, 0.25) is 5.78 Å². The molecule has 76 valence electrons. The summed E-state index contributed by atoms with van der Waals surface area (Å²) in [7, 11) is 0. The van der Waals surface area contributed by atoms with Crippen LogP contribution >= 0.6 is 0 Å². The van der Waals surface area contributed by atoms with Gasteiger partial charge in [0.05, 0.1) is 6.10 Å². The van der Waals surface area contributed by atoms with Crippen LogP contribution in [0.5, 0.6) is 0 Å². The smallest absolute Gasteiger partial charge is 0.374 e. The molecule has 0 radical (unpaired) electrons. The summed E-state index contributed by atoms with van der Waals surface area (Å²) in [5.41, 5.74) is 0. The van der Waals surface area contributed by atoms with Gasteiger partial charge < -0.3 is 4.74 Å². The van der Waals surface area contributed by atoms with Crippen molar-refractivity contribution < 1.29 is 14.3 Å². The third-order valence-electron chi connectivity index (χ3n) is 1.58. The summed E-state index contributed by atoms with van der Waals surface area (Å²) in [4.78, 5) is 22.1.